The molecule has 2 N–H and O–H groups in total. The van der Waals surface area contributed by atoms with Crippen molar-refractivity contribution in [1.82, 2.24) is 25.1 Å². The number of aromatic nitrogens is 5. The number of aromatic carboxylic acids is 1. The lowest BCUT2D eigenvalue weighted by Gasteiger charge is -2.08. The van der Waals surface area contributed by atoms with E-state index >= 15 is 0 Å². The number of benzene rings is 1. The number of hydrogen-bond acceptors (Lipinski definition) is 6. The van der Waals surface area contributed by atoms with E-state index in [1.165, 1.54) is 12.3 Å². The number of carbonyl (C=O) groups is 1. The first-order valence-electron chi connectivity index (χ1n) is 8.43. The molecule has 0 amide bonds. The quantitative estimate of drug-likeness (QED) is 0.533. The highest BCUT2D eigenvalue weighted by atomic mass is 16.5. The molecule has 0 saturated carbocycles. The van der Waals surface area contributed by atoms with Gasteiger partial charge in [0.05, 0.1) is 17.6 Å². The lowest BCUT2D eigenvalue weighted by Crippen LogP contribution is -2.02. The molecule has 8 heteroatoms. The molecule has 8 nitrogen and oxygen atoms in total. The molecule has 4 rings (SSSR count). The fourth-order valence-corrected chi connectivity index (χ4v) is 2.61. The van der Waals surface area contributed by atoms with E-state index in [9.17, 15) is 4.79 Å². The van der Waals surface area contributed by atoms with Crippen LogP contribution in [0.4, 0.5) is 0 Å². The third-order valence-electron chi connectivity index (χ3n) is 3.98. The molecule has 0 bridgehead atoms. The SMILES string of the molecule is O=C(O)c1ccnc(-c2cccc(COc3ccc(-c4ccn[nH]4)nc3)c2)n1. The first-order valence-corrected chi connectivity index (χ1v) is 8.43. The van der Waals surface area contributed by atoms with Crippen LogP contribution in [0.25, 0.3) is 22.8 Å². The number of nitrogens with zero attached hydrogens (tertiary/aromatic N) is 4. The first kappa shape index (κ1) is 17.3. The highest BCUT2D eigenvalue weighted by Gasteiger charge is 2.09. The molecule has 0 fully saturated rings. The van der Waals surface area contributed by atoms with Crippen molar-refractivity contribution >= 4 is 5.97 Å². The first-order chi connectivity index (χ1) is 13.7. The second-order valence-corrected chi connectivity index (χ2v) is 5.91. The number of carboxylic acid groups (broad SMARTS) is 1. The largest absolute Gasteiger partial charge is 0.487 e. The summed E-state index contributed by atoms with van der Waals surface area (Å²) >= 11 is 0. The Labute approximate surface area is 159 Å². The third kappa shape index (κ3) is 3.85. The van der Waals surface area contributed by atoms with Crippen molar-refractivity contribution in [2.24, 2.45) is 0 Å². The summed E-state index contributed by atoms with van der Waals surface area (Å²) in [4.78, 5) is 23.7. The van der Waals surface area contributed by atoms with Gasteiger partial charge in [0, 0.05) is 18.0 Å². The molecular formula is C20H15N5O3. The monoisotopic (exact) mass is 373 g/mol. The highest BCUT2D eigenvalue weighted by molar-refractivity contribution is 5.85. The molecule has 0 radical (unpaired) electrons. The van der Waals surface area contributed by atoms with E-state index in [4.69, 9.17) is 9.84 Å². The smallest absolute Gasteiger partial charge is 0.354 e. The number of nitrogens with one attached hydrogen (secondary N) is 1. The Kier molecular flexibility index (Phi) is 4.75. The van der Waals surface area contributed by atoms with Crippen LogP contribution in [-0.4, -0.2) is 36.2 Å². The van der Waals surface area contributed by atoms with Crippen molar-refractivity contribution in [3.63, 3.8) is 0 Å². The van der Waals surface area contributed by atoms with Crippen LogP contribution in [0, 0.1) is 0 Å². The Bertz CT molecular complexity index is 1100. The van der Waals surface area contributed by atoms with Gasteiger partial charge in [0.1, 0.15) is 12.4 Å². The molecule has 28 heavy (non-hydrogen) atoms. The van der Waals surface area contributed by atoms with Crippen molar-refractivity contribution in [2.75, 3.05) is 0 Å². The van der Waals surface area contributed by atoms with Crippen molar-refractivity contribution in [3.05, 3.63) is 78.4 Å². The maximum absolute atomic E-state index is 11.1. The van der Waals surface area contributed by atoms with Gasteiger partial charge in [0.2, 0.25) is 0 Å². The van der Waals surface area contributed by atoms with Crippen LogP contribution in [0.1, 0.15) is 16.1 Å². The number of ether oxygens (including phenoxy) is 1. The van der Waals surface area contributed by atoms with Crippen LogP contribution in [-0.2, 0) is 6.61 Å². The van der Waals surface area contributed by atoms with Gasteiger partial charge < -0.3 is 9.84 Å². The topological polar surface area (TPSA) is 114 Å². The molecule has 0 aliphatic heterocycles. The molecule has 0 aliphatic carbocycles. The Morgan fingerprint density at radius 2 is 2.00 bits per heavy atom. The summed E-state index contributed by atoms with van der Waals surface area (Å²) in [7, 11) is 0. The van der Waals surface area contributed by atoms with Crippen LogP contribution in [0.2, 0.25) is 0 Å². The summed E-state index contributed by atoms with van der Waals surface area (Å²) in [5, 5.41) is 15.8. The van der Waals surface area contributed by atoms with Gasteiger partial charge in [-0.25, -0.2) is 14.8 Å². The van der Waals surface area contributed by atoms with Crippen LogP contribution in [0.3, 0.4) is 0 Å². The summed E-state index contributed by atoms with van der Waals surface area (Å²) in [5.41, 5.74) is 3.19. The Morgan fingerprint density at radius 1 is 1.07 bits per heavy atom. The molecule has 4 aromatic rings. The summed E-state index contributed by atoms with van der Waals surface area (Å²) in [6.07, 6.45) is 4.76. The zero-order valence-corrected chi connectivity index (χ0v) is 14.6. The maximum atomic E-state index is 11.1. The fraction of sp³-hybridized carbons (Fsp3) is 0.0500. The number of hydrogen-bond donors (Lipinski definition) is 2. The Balaban J connectivity index is 1.47. The van der Waals surface area contributed by atoms with Gasteiger partial charge in [-0.2, -0.15) is 5.10 Å². The standard InChI is InChI=1S/C20H15N5O3/c26-20(27)18-6-8-21-19(24-18)14-3-1-2-13(10-14)12-28-15-4-5-16(22-11-15)17-7-9-23-25-17/h1-11H,12H2,(H,23,25)(H,26,27). The van der Waals surface area contributed by atoms with E-state index in [0.717, 1.165) is 22.5 Å². The van der Waals surface area contributed by atoms with Crippen molar-refractivity contribution < 1.29 is 14.6 Å². The lowest BCUT2D eigenvalue weighted by atomic mass is 10.1. The van der Waals surface area contributed by atoms with E-state index in [1.807, 2.05) is 42.5 Å². The second kappa shape index (κ2) is 7.67. The van der Waals surface area contributed by atoms with Gasteiger partial charge in [-0.15, -0.1) is 0 Å². The minimum atomic E-state index is -1.09. The van der Waals surface area contributed by atoms with Crippen LogP contribution in [0.5, 0.6) is 5.75 Å². The van der Waals surface area contributed by atoms with Crippen LogP contribution >= 0.6 is 0 Å². The summed E-state index contributed by atoms with van der Waals surface area (Å²) in [6.45, 7) is 0.331. The van der Waals surface area contributed by atoms with Crippen molar-refractivity contribution in [3.8, 4) is 28.5 Å². The molecule has 0 spiro atoms. The van der Waals surface area contributed by atoms with Gasteiger partial charge in [0.15, 0.2) is 11.5 Å². The predicted molar refractivity (Wildman–Crippen MR) is 101 cm³/mol. The van der Waals surface area contributed by atoms with E-state index in [2.05, 4.69) is 25.1 Å². The molecule has 3 heterocycles. The number of H-pyrrole nitrogens is 1. The van der Waals surface area contributed by atoms with E-state index in [-0.39, 0.29) is 5.69 Å². The molecule has 0 atom stereocenters. The van der Waals surface area contributed by atoms with Crippen molar-refractivity contribution in [2.45, 2.75) is 6.61 Å². The third-order valence-corrected chi connectivity index (χ3v) is 3.98. The van der Waals surface area contributed by atoms with Crippen molar-refractivity contribution in [1.29, 1.82) is 0 Å². The predicted octanol–water partition coefficient (Wildman–Crippen LogP) is 3.21. The molecular weight excluding hydrogens is 358 g/mol. The zero-order valence-electron chi connectivity index (χ0n) is 14.6. The van der Waals surface area contributed by atoms with Gasteiger partial charge in [-0.1, -0.05) is 18.2 Å². The minimum absolute atomic E-state index is 0.0462. The van der Waals surface area contributed by atoms with Gasteiger partial charge in [-0.3, -0.25) is 10.1 Å². The van der Waals surface area contributed by atoms with E-state index < -0.39 is 5.97 Å². The normalized spacial score (nSPS) is 10.6. The van der Waals surface area contributed by atoms with Gasteiger partial charge in [0.25, 0.3) is 0 Å². The average Bonchev–Trinajstić information content (AvgIpc) is 3.28. The van der Waals surface area contributed by atoms with E-state index in [1.54, 1.807) is 12.4 Å². The number of pyridine rings is 1. The maximum Gasteiger partial charge on any atom is 0.354 e. The zero-order chi connectivity index (χ0) is 19.3. The minimum Gasteiger partial charge on any atom is -0.487 e. The van der Waals surface area contributed by atoms with E-state index in [0.29, 0.717) is 18.2 Å². The number of carboxylic acids is 1. The highest BCUT2D eigenvalue weighted by Crippen LogP contribution is 2.20. The van der Waals surface area contributed by atoms with Gasteiger partial charge in [-0.05, 0) is 35.9 Å². The molecule has 3 aromatic heterocycles. The Hall–Kier alpha value is -4.07. The summed E-state index contributed by atoms with van der Waals surface area (Å²) < 4.78 is 5.79. The van der Waals surface area contributed by atoms with Crippen LogP contribution in [0.15, 0.2) is 67.1 Å². The molecule has 0 aliphatic rings. The molecule has 0 saturated heterocycles. The molecule has 138 valence electrons. The lowest BCUT2D eigenvalue weighted by molar-refractivity contribution is 0.0690. The summed E-state index contributed by atoms with van der Waals surface area (Å²) in [6, 6.07) is 14.4. The average molecular weight is 373 g/mol. The molecule has 0 unspecified atom stereocenters. The number of aromatic amines is 1. The summed E-state index contributed by atoms with van der Waals surface area (Å²) in [5.74, 6) is -0.0978. The second-order valence-electron chi connectivity index (χ2n) is 5.91. The Morgan fingerprint density at radius 3 is 2.75 bits per heavy atom. The molecule has 1 aromatic carbocycles. The van der Waals surface area contributed by atoms with Gasteiger partial charge >= 0.3 is 5.97 Å². The number of rotatable bonds is 6. The fourth-order valence-electron chi connectivity index (χ4n) is 2.61. The van der Waals surface area contributed by atoms with Crippen LogP contribution < -0.4 is 4.74 Å².